The third-order valence-electron chi connectivity index (χ3n) is 7.52. The van der Waals surface area contributed by atoms with E-state index >= 15 is 0 Å². The predicted octanol–water partition coefficient (Wildman–Crippen LogP) is 3.69. The number of carbonyl (C=O) groups is 1. The van der Waals surface area contributed by atoms with E-state index in [1.807, 2.05) is 0 Å². The summed E-state index contributed by atoms with van der Waals surface area (Å²) in [5.74, 6) is 0.103. The maximum atomic E-state index is 13.8. The molecule has 1 aromatic rings. The number of alkyl halides is 3. The Morgan fingerprint density at radius 3 is 2.39 bits per heavy atom. The standard InChI is InChI=1S/C20H26F3N3O2/c21-20(22,23)17-15(10-24-26(17)14-3-1-2-4-14)18(27)25-16-12-5-11-6-13(16)9-19(28,7-11)8-12/h10-14,16,28H,1-9H2,(H,25,27)/t11?,12?,13?,16-,19-. The normalized spacial score (nSPS) is 37.6. The quantitative estimate of drug-likeness (QED) is 0.818. The van der Waals surface area contributed by atoms with Gasteiger partial charge in [0, 0.05) is 6.04 Å². The Balaban J connectivity index is 1.40. The Morgan fingerprint density at radius 2 is 1.82 bits per heavy atom. The highest BCUT2D eigenvalue weighted by Gasteiger charge is 2.55. The number of carbonyl (C=O) groups excluding carboxylic acids is 1. The molecular weight excluding hydrogens is 371 g/mol. The van der Waals surface area contributed by atoms with Crippen molar-refractivity contribution in [2.24, 2.45) is 17.8 Å². The monoisotopic (exact) mass is 397 g/mol. The molecule has 0 spiro atoms. The molecule has 1 amide bonds. The van der Waals surface area contributed by atoms with Crippen molar-refractivity contribution in [3.05, 3.63) is 17.5 Å². The fraction of sp³-hybridized carbons (Fsp3) is 0.800. The van der Waals surface area contributed by atoms with Crippen molar-refractivity contribution in [1.82, 2.24) is 15.1 Å². The third kappa shape index (κ3) is 2.95. The van der Waals surface area contributed by atoms with Gasteiger partial charge in [-0.15, -0.1) is 0 Å². The van der Waals surface area contributed by atoms with Crippen molar-refractivity contribution < 1.29 is 23.1 Å². The van der Waals surface area contributed by atoms with E-state index in [0.29, 0.717) is 31.6 Å². The average Bonchev–Trinajstić information content (AvgIpc) is 3.24. The van der Waals surface area contributed by atoms with Crippen LogP contribution in [0.3, 0.4) is 0 Å². The molecule has 0 radical (unpaired) electrons. The summed E-state index contributed by atoms with van der Waals surface area (Å²) in [6.07, 6.45) is 3.55. The van der Waals surface area contributed by atoms with Crippen molar-refractivity contribution in [2.75, 3.05) is 0 Å². The van der Waals surface area contributed by atoms with Gasteiger partial charge in [-0.2, -0.15) is 18.3 Å². The molecule has 1 aromatic heterocycles. The van der Waals surface area contributed by atoms with Crippen LogP contribution in [0.4, 0.5) is 13.2 Å². The lowest BCUT2D eigenvalue weighted by molar-refractivity contribution is -0.145. The van der Waals surface area contributed by atoms with Crippen LogP contribution in [0.2, 0.25) is 0 Å². The summed E-state index contributed by atoms with van der Waals surface area (Å²) in [4.78, 5) is 12.9. The highest BCUT2D eigenvalue weighted by atomic mass is 19.4. The smallest absolute Gasteiger partial charge is 0.390 e. The fourth-order valence-corrected chi connectivity index (χ4v) is 6.68. The van der Waals surface area contributed by atoms with Gasteiger partial charge in [0.05, 0.1) is 23.4 Å². The first-order valence-corrected chi connectivity index (χ1v) is 10.4. The van der Waals surface area contributed by atoms with Crippen LogP contribution in [-0.4, -0.2) is 32.4 Å². The van der Waals surface area contributed by atoms with Crippen LogP contribution in [0.5, 0.6) is 0 Å². The molecule has 5 aliphatic carbocycles. The minimum Gasteiger partial charge on any atom is -0.390 e. The van der Waals surface area contributed by atoms with Crippen molar-refractivity contribution in [2.45, 2.75) is 81.6 Å². The van der Waals surface area contributed by atoms with Crippen molar-refractivity contribution >= 4 is 5.91 Å². The van der Waals surface area contributed by atoms with Gasteiger partial charge in [0.25, 0.3) is 5.91 Å². The van der Waals surface area contributed by atoms with E-state index in [4.69, 9.17) is 0 Å². The number of rotatable bonds is 3. The summed E-state index contributed by atoms with van der Waals surface area (Å²) < 4.78 is 42.4. The highest BCUT2D eigenvalue weighted by molar-refractivity contribution is 5.95. The van der Waals surface area contributed by atoms with Gasteiger partial charge in [0.1, 0.15) is 0 Å². The summed E-state index contributed by atoms with van der Waals surface area (Å²) in [6, 6.07) is -0.436. The summed E-state index contributed by atoms with van der Waals surface area (Å²) in [7, 11) is 0. The maximum absolute atomic E-state index is 13.8. The summed E-state index contributed by atoms with van der Waals surface area (Å²) in [5, 5.41) is 17.6. The number of hydrogen-bond donors (Lipinski definition) is 2. The first kappa shape index (κ1) is 18.5. The van der Waals surface area contributed by atoms with Gasteiger partial charge in [-0.3, -0.25) is 9.48 Å². The summed E-state index contributed by atoms with van der Waals surface area (Å²) >= 11 is 0. The molecule has 154 valence electrons. The zero-order valence-electron chi connectivity index (χ0n) is 15.7. The lowest BCUT2D eigenvalue weighted by Crippen LogP contribution is -2.61. The molecule has 5 saturated carbocycles. The summed E-state index contributed by atoms with van der Waals surface area (Å²) in [6.45, 7) is 0. The van der Waals surface area contributed by atoms with Crippen LogP contribution < -0.4 is 5.32 Å². The van der Waals surface area contributed by atoms with Crippen LogP contribution in [0, 0.1) is 17.8 Å². The molecule has 28 heavy (non-hydrogen) atoms. The number of amides is 1. The number of hydrogen-bond acceptors (Lipinski definition) is 3. The van der Waals surface area contributed by atoms with Gasteiger partial charge in [0.15, 0.2) is 5.69 Å². The molecule has 2 N–H and O–H groups in total. The topological polar surface area (TPSA) is 67.2 Å². The van der Waals surface area contributed by atoms with Gasteiger partial charge >= 0.3 is 6.18 Å². The second-order valence-corrected chi connectivity index (χ2v) is 9.48. The van der Waals surface area contributed by atoms with E-state index in [0.717, 1.165) is 43.0 Å². The Bertz CT molecular complexity index is 768. The molecule has 1 heterocycles. The number of halogens is 3. The van der Waals surface area contributed by atoms with Crippen LogP contribution in [0.15, 0.2) is 6.20 Å². The summed E-state index contributed by atoms with van der Waals surface area (Å²) in [5.41, 5.74) is -1.92. The van der Waals surface area contributed by atoms with Crippen LogP contribution >= 0.6 is 0 Å². The van der Waals surface area contributed by atoms with E-state index in [9.17, 15) is 23.1 Å². The van der Waals surface area contributed by atoms with E-state index in [1.54, 1.807) is 0 Å². The average molecular weight is 397 g/mol. The SMILES string of the molecule is O=C(N[C@H]1C2CC3CC1C[C@](O)(C3)C2)c1cnn(C2CCCC2)c1C(F)(F)F. The molecule has 0 saturated heterocycles. The molecule has 6 rings (SSSR count). The van der Waals surface area contributed by atoms with Gasteiger partial charge in [-0.05, 0) is 62.7 Å². The largest absolute Gasteiger partial charge is 0.433 e. The van der Waals surface area contributed by atoms with Gasteiger partial charge in [-0.1, -0.05) is 12.8 Å². The van der Waals surface area contributed by atoms with E-state index in [1.165, 1.54) is 0 Å². The zero-order valence-corrected chi connectivity index (χ0v) is 15.7. The lowest BCUT2D eigenvalue weighted by atomic mass is 9.52. The number of aliphatic hydroxyl groups is 1. The minimum absolute atomic E-state index is 0.152. The van der Waals surface area contributed by atoms with E-state index in [-0.39, 0.29) is 29.5 Å². The van der Waals surface area contributed by atoms with Gasteiger partial charge in [0.2, 0.25) is 0 Å². The molecule has 2 atom stereocenters. The Labute approximate surface area is 161 Å². The van der Waals surface area contributed by atoms with Crippen LogP contribution in [0.1, 0.15) is 79.9 Å². The van der Waals surface area contributed by atoms with Gasteiger partial charge < -0.3 is 10.4 Å². The molecule has 8 heteroatoms. The van der Waals surface area contributed by atoms with E-state index in [2.05, 4.69) is 10.4 Å². The Kier molecular flexibility index (Phi) is 4.09. The highest BCUT2D eigenvalue weighted by Crippen LogP contribution is 2.55. The minimum atomic E-state index is -4.62. The molecule has 5 aliphatic rings. The lowest BCUT2D eigenvalue weighted by Gasteiger charge is -2.58. The molecule has 2 unspecified atom stereocenters. The van der Waals surface area contributed by atoms with Crippen LogP contribution in [-0.2, 0) is 6.18 Å². The second kappa shape index (κ2) is 6.21. The molecule has 5 fully saturated rings. The Morgan fingerprint density at radius 1 is 1.18 bits per heavy atom. The predicted molar refractivity (Wildman–Crippen MR) is 94.5 cm³/mol. The van der Waals surface area contributed by atoms with E-state index < -0.39 is 23.4 Å². The third-order valence-corrected chi connectivity index (χ3v) is 7.52. The van der Waals surface area contributed by atoms with Gasteiger partial charge in [-0.25, -0.2) is 0 Å². The van der Waals surface area contributed by atoms with Crippen molar-refractivity contribution in [3.8, 4) is 0 Å². The maximum Gasteiger partial charge on any atom is 0.433 e. The molecule has 0 aromatic carbocycles. The first-order valence-electron chi connectivity index (χ1n) is 10.4. The molecule has 0 aliphatic heterocycles. The number of nitrogens with zero attached hydrogens (tertiary/aromatic N) is 2. The van der Waals surface area contributed by atoms with Crippen molar-refractivity contribution in [1.29, 1.82) is 0 Å². The molecular formula is C20H26F3N3O2. The fourth-order valence-electron chi connectivity index (χ4n) is 6.68. The Hall–Kier alpha value is -1.57. The second-order valence-electron chi connectivity index (χ2n) is 9.48. The van der Waals surface area contributed by atoms with Crippen LogP contribution in [0.25, 0.3) is 0 Å². The number of nitrogens with one attached hydrogen (secondary N) is 1. The molecule has 5 nitrogen and oxygen atoms in total. The first-order chi connectivity index (χ1) is 13.2. The molecule has 4 bridgehead atoms. The number of aromatic nitrogens is 2. The van der Waals surface area contributed by atoms with Crippen molar-refractivity contribution in [3.63, 3.8) is 0 Å². The zero-order chi connectivity index (χ0) is 19.7.